The van der Waals surface area contributed by atoms with Gasteiger partial charge in [0.25, 0.3) is 0 Å². The van der Waals surface area contributed by atoms with E-state index in [4.69, 9.17) is 23.7 Å². The minimum absolute atomic E-state index is 0.0128. The largest absolute Gasteiger partial charge is 0.499 e. The summed E-state index contributed by atoms with van der Waals surface area (Å²) in [6.07, 6.45) is 13.2. The number of hydrogen-bond acceptors (Lipinski definition) is 5. The lowest BCUT2D eigenvalue weighted by Crippen LogP contribution is -2.03. The van der Waals surface area contributed by atoms with Gasteiger partial charge >= 0.3 is 0 Å². The smallest absolute Gasteiger partial charge is 0.225 e. The van der Waals surface area contributed by atoms with E-state index in [0.29, 0.717) is 13.2 Å². The zero-order valence-electron chi connectivity index (χ0n) is 14.8. The second-order valence-corrected chi connectivity index (χ2v) is 4.11. The van der Waals surface area contributed by atoms with E-state index in [1.54, 1.807) is 36.6 Å². The monoisotopic (exact) mass is 338 g/mol. The standard InChI is InChI=1S/C9H14O3.C7H10O2.C3H6/c1-3-5-6-11-9-12-8-7-10-4-2;1-3-4-5-8-7-6(2)9-7;1-3-2/h3-6H,1-2,7-9H2;3-7H,1H2,2H3;3H,1H2,2H3. The summed E-state index contributed by atoms with van der Waals surface area (Å²) < 4.78 is 24.7. The molecule has 0 spiro atoms. The third kappa shape index (κ3) is 22.0. The third-order valence-corrected chi connectivity index (χ3v) is 2.01. The van der Waals surface area contributed by atoms with E-state index >= 15 is 0 Å². The van der Waals surface area contributed by atoms with Crippen LogP contribution in [0.1, 0.15) is 13.8 Å². The number of epoxide rings is 1. The lowest BCUT2D eigenvalue weighted by Gasteiger charge is -2.02. The zero-order chi connectivity index (χ0) is 18.5. The van der Waals surface area contributed by atoms with Gasteiger partial charge in [-0.15, -0.1) is 6.58 Å². The van der Waals surface area contributed by atoms with Crippen molar-refractivity contribution in [2.75, 3.05) is 20.0 Å². The van der Waals surface area contributed by atoms with Crippen LogP contribution in [0, 0.1) is 0 Å². The highest BCUT2D eigenvalue weighted by Gasteiger charge is 2.35. The topological polar surface area (TPSA) is 49.5 Å². The molecule has 1 fully saturated rings. The molecule has 0 aromatic heterocycles. The highest BCUT2D eigenvalue weighted by Crippen LogP contribution is 2.21. The summed E-state index contributed by atoms with van der Waals surface area (Å²) in [6.45, 7) is 18.8. The van der Waals surface area contributed by atoms with E-state index in [-0.39, 0.29) is 19.2 Å². The van der Waals surface area contributed by atoms with Gasteiger partial charge in [-0.25, -0.2) is 0 Å². The Bertz CT molecular complexity index is 374. The van der Waals surface area contributed by atoms with Crippen LogP contribution in [0.5, 0.6) is 0 Å². The van der Waals surface area contributed by atoms with Crippen molar-refractivity contribution in [2.45, 2.75) is 26.2 Å². The lowest BCUT2D eigenvalue weighted by molar-refractivity contribution is -0.0257. The van der Waals surface area contributed by atoms with Gasteiger partial charge in [0.05, 0.1) is 25.4 Å². The van der Waals surface area contributed by atoms with E-state index in [1.807, 2.05) is 13.8 Å². The van der Waals surface area contributed by atoms with Crippen LogP contribution in [0.15, 0.2) is 75.5 Å². The van der Waals surface area contributed by atoms with E-state index < -0.39 is 0 Å². The fraction of sp³-hybridized carbons (Fsp3) is 0.368. The quantitative estimate of drug-likeness (QED) is 0.139. The van der Waals surface area contributed by atoms with Gasteiger partial charge in [-0.2, -0.15) is 0 Å². The summed E-state index contributed by atoms with van der Waals surface area (Å²) in [5.41, 5.74) is 0. The molecular formula is C19H30O5. The minimum Gasteiger partial charge on any atom is -0.499 e. The molecule has 1 heterocycles. The fourth-order valence-corrected chi connectivity index (χ4v) is 0.935. The van der Waals surface area contributed by atoms with Crippen LogP contribution in [-0.4, -0.2) is 32.4 Å². The summed E-state index contributed by atoms with van der Waals surface area (Å²) in [6, 6.07) is 0. The van der Waals surface area contributed by atoms with Crippen molar-refractivity contribution < 1.29 is 23.7 Å². The SMILES string of the molecule is C=CC.C=CC=COC1OC1C.C=CC=COCOCCOC=C. The summed E-state index contributed by atoms with van der Waals surface area (Å²) >= 11 is 0. The number of rotatable bonds is 11. The predicted molar refractivity (Wildman–Crippen MR) is 98.0 cm³/mol. The summed E-state index contributed by atoms with van der Waals surface area (Å²) in [7, 11) is 0. The molecule has 1 rings (SSSR count). The Balaban J connectivity index is 0. The summed E-state index contributed by atoms with van der Waals surface area (Å²) in [5.74, 6) is 0. The van der Waals surface area contributed by atoms with E-state index in [2.05, 4.69) is 26.3 Å². The Morgan fingerprint density at radius 1 is 0.958 bits per heavy atom. The average Bonchev–Trinajstić information content (AvgIpc) is 3.27. The van der Waals surface area contributed by atoms with Crippen LogP contribution in [0.25, 0.3) is 0 Å². The van der Waals surface area contributed by atoms with Crippen molar-refractivity contribution in [3.05, 3.63) is 75.5 Å². The summed E-state index contributed by atoms with van der Waals surface area (Å²) in [5, 5.41) is 0. The number of ether oxygens (including phenoxy) is 5. The number of hydrogen-bond donors (Lipinski definition) is 0. The van der Waals surface area contributed by atoms with Gasteiger partial charge in [0.1, 0.15) is 12.7 Å². The molecule has 5 nitrogen and oxygen atoms in total. The lowest BCUT2D eigenvalue weighted by atomic mass is 10.5. The molecule has 2 unspecified atom stereocenters. The number of allylic oxidation sites excluding steroid dienone is 5. The van der Waals surface area contributed by atoms with Crippen LogP contribution in [0.3, 0.4) is 0 Å². The van der Waals surface area contributed by atoms with Gasteiger partial charge < -0.3 is 23.7 Å². The van der Waals surface area contributed by atoms with Crippen LogP contribution in [0.4, 0.5) is 0 Å². The molecule has 2 atom stereocenters. The van der Waals surface area contributed by atoms with Crippen molar-refractivity contribution in [3.63, 3.8) is 0 Å². The Morgan fingerprint density at radius 2 is 1.54 bits per heavy atom. The maximum atomic E-state index is 5.03. The first-order chi connectivity index (χ1) is 11.7. The maximum Gasteiger partial charge on any atom is 0.225 e. The zero-order valence-corrected chi connectivity index (χ0v) is 14.8. The van der Waals surface area contributed by atoms with Gasteiger partial charge in [-0.05, 0) is 26.0 Å². The van der Waals surface area contributed by atoms with Crippen molar-refractivity contribution >= 4 is 0 Å². The first-order valence-electron chi connectivity index (χ1n) is 7.52. The Kier molecular flexibility index (Phi) is 20.8. The predicted octanol–water partition coefficient (Wildman–Crippen LogP) is 4.48. The molecule has 0 aromatic carbocycles. The first kappa shape index (κ1) is 24.0. The molecule has 0 amide bonds. The molecule has 1 aliphatic heterocycles. The van der Waals surface area contributed by atoms with Gasteiger partial charge in [0.2, 0.25) is 6.29 Å². The van der Waals surface area contributed by atoms with Crippen molar-refractivity contribution in [3.8, 4) is 0 Å². The highest BCUT2D eigenvalue weighted by atomic mass is 16.8. The molecule has 1 aliphatic rings. The second kappa shape index (κ2) is 20.8. The van der Waals surface area contributed by atoms with Crippen LogP contribution < -0.4 is 0 Å². The Hall–Kier alpha value is -2.24. The first-order valence-corrected chi connectivity index (χ1v) is 7.52. The van der Waals surface area contributed by atoms with Gasteiger partial charge in [0.15, 0.2) is 6.79 Å². The molecule has 136 valence electrons. The molecule has 0 saturated carbocycles. The molecule has 0 aromatic rings. The average molecular weight is 338 g/mol. The van der Waals surface area contributed by atoms with E-state index in [1.165, 1.54) is 12.5 Å². The van der Waals surface area contributed by atoms with Crippen molar-refractivity contribution in [1.82, 2.24) is 0 Å². The van der Waals surface area contributed by atoms with Crippen LogP contribution >= 0.6 is 0 Å². The summed E-state index contributed by atoms with van der Waals surface area (Å²) in [4.78, 5) is 0. The van der Waals surface area contributed by atoms with Crippen molar-refractivity contribution in [1.29, 1.82) is 0 Å². The van der Waals surface area contributed by atoms with Gasteiger partial charge in [-0.3, -0.25) is 0 Å². The molecular weight excluding hydrogens is 308 g/mol. The highest BCUT2D eigenvalue weighted by molar-refractivity contribution is 4.93. The Labute approximate surface area is 146 Å². The molecule has 5 heteroatoms. The molecule has 24 heavy (non-hydrogen) atoms. The fourth-order valence-electron chi connectivity index (χ4n) is 0.935. The molecule has 0 bridgehead atoms. The van der Waals surface area contributed by atoms with Crippen LogP contribution in [-0.2, 0) is 23.7 Å². The maximum absolute atomic E-state index is 5.03. The van der Waals surface area contributed by atoms with E-state index in [9.17, 15) is 0 Å². The second-order valence-electron chi connectivity index (χ2n) is 4.11. The third-order valence-electron chi connectivity index (χ3n) is 2.01. The Morgan fingerprint density at radius 3 is 2.04 bits per heavy atom. The minimum atomic E-state index is -0.0128. The van der Waals surface area contributed by atoms with Crippen molar-refractivity contribution in [2.24, 2.45) is 0 Å². The van der Waals surface area contributed by atoms with Gasteiger partial charge in [0, 0.05) is 0 Å². The normalized spacial score (nSPS) is 17.6. The molecule has 0 N–H and O–H groups in total. The molecule has 0 aliphatic carbocycles. The van der Waals surface area contributed by atoms with E-state index in [0.717, 1.165) is 0 Å². The molecule has 1 saturated heterocycles. The molecule has 0 radical (unpaired) electrons. The van der Waals surface area contributed by atoms with Gasteiger partial charge in [-0.1, -0.05) is 38.0 Å². The van der Waals surface area contributed by atoms with Crippen LogP contribution in [0.2, 0.25) is 0 Å².